The Morgan fingerprint density at radius 1 is 1.17 bits per heavy atom. The van der Waals surface area contributed by atoms with Crippen molar-refractivity contribution >= 4 is 17.2 Å². The van der Waals surface area contributed by atoms with Gasteiger partial charge in [-0.25, -0.2) is 9.98 Å². The maximum atomic E-state index is 5.23. The molecule has 0 saturated carbocycles. The molecule has 0 N–H and O–H groups in total. The number of methoxy groups -OCH3 is 1. The first-order valence-electron chi connectivity index (χ1n) is 7.52. The molecule has 4 nitrogen and oxygen atoms in total. The van der Waals surface area contributed by atoms with Gasteiger partial charge in [-0.1, -0.05) is 6.07 Å². The van der Waals surface area contributed by atoms with Crippen LogP contribution in [-0.2, 0) is 6.54 Å². The van der Waals surface area contributed by atoms with E-state index in [9.17, 15) is 0 Å². The van der Waals surface area contributed by atoms with Crippen LogP contribution in [0.3, 0.4) is 0 Å². The highest BCUT2D eigenvalue weighted by atomic mass is 32.1. The van der Waals surface area contributed by atoms with Gasteiger partial charge in [0, 0.05) is 17.6 Å². The van der Waals surface area contributed by atoms with Crippen LogP contribution in [0, 0.1) is 6.92 Å². The molecule has 0 amide bonds. The van der Waals surface area contributed by atoms with Crippen molar-refractivity contribution in [3.05, 3.63) is 58.3 Å². The lowest BCUT2D eigenvalue weighted by Crippen LogP contribution is -2.14. The van der Waals surface area contributed by atoms with Crippen molar-refractivity contribution in [3.63, 3.8) is 0 Å². The lowest BCUT2D eigenvalue weighted by atomic mass is 10.1. The van der Waals surface area contributed by atoms with E-state index in [1.54, 1.807) is 18.4 Å². The second kappa shape index (κ2) is 6.79. The van der Waals surface area contributed by atoms with Crippen LogP contribution in [0.1, 0.15) is 12.6 Å². The van der Waals surface area contributed by atoms with Crippen LogP contribution in [0.15, 0.2) is 52.8 Å². The van der Waals surface area contributed by atoms with Crippen molar-refractivity contribution in [2.45, 2.75) is 20.4 Å². The minimum atomic E-state index is 0.746. The molecular weight excluding hydrogens is 306 g/mol. The zero-order chi connectivity index (χ0) is 16.2. The smallest absolute Gasteiger partial charge is 0.191 e. The number of benzene rings is 1. The number of rotatable bonds is 4. The van der Waals surface area contributed by atoms with Gasteiger partial charge >= 0.3 is 0 Å². The third kappa shape index (κ3) is 3.35. The molecule has 0 radical (unpaired) electrons. The zero-order valence-corrected chi connectivity index (χ0v) is 14.3. The molecule has 0 bridgehead atoms. The van der Waals surface area contributed by atoms with E-state index in [0.717, 1.165) is 39.9 Å². The highest BCUT2D eigenvalue weighted by molar-refractivity contribution is 7.07. The van der Waals surface area contributed by atoms with Crippen LogP contribution in [0.2, 0.25) is 0 Å². The summed E-state index contributed by atoms with van der Waals surface area (Å²) in [4.78, 5) is 10.1. The Labute approximate surface area is 139 Å². The van der Waals surface area contributed by atoms with Crippen molar-refractivity contribution in [1.82, 2.24) is 9.55 Å². The molecular formula is C18H19N3OS. The topological polar surface area (TPSA) is 39.4 Å². The number of thiazole rings is 1. The van der Waals surface area contributed by atoms with Crippen LogP contribution in [0.4, 0.5) is 5.82 Å². The Morgan fingerprint density at radius 3 is 2.61 bits per heavy atom. The van der Waals surface area contributed by atoms with E-state index < -0.39 is 0 Å². The number of aromatic nitrogens is 2. The molecule has 0 atom stereocenters. The Hall–Kier alpha value is -2.40. The predicted octanol–water partition coefficient (Wildman–Crippen LogP) is 4.18. The number of pyridine rings is 1. The van der Waals surface area contributed by atoms with Gasteiger partial charge in [0.15, 0.2) is 10.6 Å². The van der Waals surface area contributed by atoms with Crippen LogP contribution in [0.25, 0.3) is 11.3 Å². The van der Waals surface area contributed by atoms with Gasteiger partial charge in [0.2, 0.25) is 0 Å². The molecule has 0 aliphatic rings. The molecule has 0 unspecified atom stereocenters. The molecule has 23 heavy (non-hydrogen) atoms. The molecule has 2 aromatic heterocycles. The quantitative estimate of drug-likeness (QED) is 0.722. The summed E-state index contributed by atoms with van der Waals surface area (Å²) in [5, 5.41) is 2.14. The van der Waals surface area contributed by atoms with E-state index >= 15 is 0 Å². The maximum absolute atomic E-state index is 5.23. The molecule has 1 aromatic carbocycles. The van der Waals surface area contributed by atoms with Crippen molar-refractivity contribution in [2.24, 2.45) is 4.99 Å². The van der Waals surface area contributed by atoms with Crippen molar-refractivity contribution in [2.75, 3.05) is 7.11 Å². The van der Waals surface area contributed by atoms with Crippen LogP contribution >= 0.6 is 11.3 Å². The maximum Gasteiger partial charge on any atom is 0.191 e. The van der Waals surface area contributed by atoms with Gasteiger partial charge in [-0.15, -0.1) is 11.3 Å². The molecule has 0 saturated heterocycles. The number of nitrogens with zero attached hydrogens (tertiary/aromatic N) is 3. The zero-order valence-electron chi connectivity index (χ0n) is 13.5. The average molecular weight is 325 g/mol. The molecule has 0 aliphatic carbocycles. The summed E-state index contributed by atoms with van der Waals surface area (Å²) in [6.45, 7) is 4.96. The first kappa shape index (κ1) is 15.5. The van der Waals surface area contributed by atoms with Gasteiger partial charge in [0.1, 0.15) is 5.75 Å². The Kier molecular flexibility index (Phi) is 4.57. The van der Waals surface area contributed by atoms with Gasteiger partial charge in [-0.2, -0.15) is 0 Å². The summed E-state index contributed by atoms with van der Waals surface area (Å²) in [6, 6.07) is 14.0. The molecule has 5 heteroatoms. The minimum absolute atomic E-state index is 0.746. The monoisotopic (exact) mass is 325 g/mol. The molecule has 2 heterocycles. The number of hydrogen-bond acceptors (Lipinski definition) is 4. The number of hydrogen-bond donors (Lipinski definition) is 0. The van der Waals surface area contributed by atoms with Crippen molar-refractivity contribution in [3.8, 4) is 17.0 Å². The van der Waals surface area contributed by atoms with E-state index in [-0.39, 0.29) is 0 Å². The molecule has 0 fully saturated rings. The van der Waals surface area contributed by atoms with Crippen LogP contribution in [0.5, 0.6) is 5.75 Å². The average Bonchev–Trinajstić information content (AvgIpc) is 2.97. The minimum Gasteiger partial charge on any atom is -0.497 e. The van der Waals surface area contributed by atoms with Gasteiger partial charge in [0.05, 0.1) is 12.8 Å². The van der Waals surface area contributed by atoms with Crippen molar-refractivity contribution in [1.29, 1.82) is 0 Å². The fourth-order valence-corrected chi connectivity index (χ4v) is 3.39. The summed E-state index contributed by atoms with van der Waals surface area (Å²) < 4.78 is 7.43. The standard InChI is InChI=1S/C18H19N3OS/c1-4-21-16(14-8-10-15(22-3)11-9-14)12-23-18(21)20-17-7-5-6-13(2)19-17/h5-12H,4H2,1-3H3/b20-18-. The summed E-state index contributed by atoms with van der Waals surface area (Å²) in [5.41, 5.74) is 3.29. The SMILES string of the molecule is CCn1c(-c2ccc(OC)cc2)cs/c1=N\c1cccc(C)n1. The Morgan fingerprint density at radius 2 is 1.96 bits per heavy atom. The number of ether oxygens (including phenoxy) is 1. The lowest BCUT2D eigenvalue weighted by Gasteiger charge is -2.07. The fraction of sp³-hybridized carbons (Fsp3) is 0.222. The second-order valence-corrected chi connectivity index (χ2v) is 5.96. The summed E-state index contributed by atoms with van der Waals surface area (Å²) in [6.07, 6.45) is 0. The second-order valence-electron chi connectivity index (χ2n) is 5.13. The molecule has 0 spiro atoms. The largest absolute Gasteiger partial charge is 0.497 e. The van der Waals surface area contributed by atoms with Crippen molar-refractivity contribution < 1.29 is 4.74 Å². The predicted molar refractivity (Wildman–Crippen MR) is 94.2 cm³/mol. The van der Waals surface area contributed by atoms with Gasteiger partial charge in [-0.3, -0.25) is 0 Å². The summed E-state index contributed by atoms with van der Waals surface area (Å²) in [7, 11) is 1.68. The van der Waals surface area contributed by atoms with E-state index in [2.05, 4.69) is 34.0 Å². The molecule has 0 aliphatic heterocycles. The normalized spacial score (nSPS) is 11.7. The van der Waals surface area contributed by atoms with E-state index in [0.29, 0.717) is 0 Å². The lowest BCUT2D eigenvalue weighted by molar-refractivity contribution is 0.415. The Bertz CT molecular complexity index is 862. The highest BCUT2D eigenvalue weighted by Crippen LogP contribution is 2.23. The first-order valence-corrected chi connectivity index (χ1v) is 8.40. The highest BCUT2D eigenvalue weighted by Gasteiger charge is 2.07. The van der Waals surface area contributed by atoms with Gasteiger partial charge in [0.25, 0.3) is 0 Å². The van der Waals surface area contributed by atoms with Crippen LogP contribution in [-0.4, -0.2) is 16.7 Å². The summed E-state index contributed by atoms with van der Waals surface area (Å²) >= 11 is 1.63. The number of aryl methyl sites for hydroxylation is 1. The van der Waals surface area contributed by atoms with E-state index in [4.69, 9.17) is 9.73 Å². The fourth-order valence-electron chi connectivity index (χ4n) is 2.41. The summed E-state index contributed by atoms with van der Waals surface area (Å²) in [5.74, 6) is 1.61. The third-order valence-corrected chi connectivity index (χ3v) is 4.45. The van der Waals surface area contributed by atoms with Crippen LogP contribution < -0.4 is 9.54 Å². The molecule has 118 valence electrons. The van der Waals surface area contributed by atoms with Gasteiger partial charge < -0.3 is 9.30 Å². The molecule has 3 aromatic rings. The Balaban J connectivity index is 2.05. The van der Waals surface area contributed by atoms with E-state index in [1.807, 2.05) is 37.3 Å². The molecule has 3 rings (SSSR count). The van der Waals surface area contributed by atoms with E-state index in [1.165, 1.54) is 0 Å². The third-order valence-electron chi connectivity index (χ3n) is 3.58. The first-order chi connectivity index (χ1) is 11.2. The van der Waals surface area contributed by atoms with Gasteiger partial charge in [-0.05, 0) is 55.8 Å².